The molecule has 0 radical (unpaired) electrons. The lowest BCUT2D eigenvalue weighted by molar-refractivity contribution is 0.591. The normalized spacial score (nSPS) is 12.9. The van der Waals surface area contributed by atoms with Crippen LogP contribution in [0.25, 0.3) is 119 Å². The van der Waals surface area contributed by atoms with E-state index in [4.69, 9.17) is 0 Å². The molecule has 242 valence electrons. The second-order valence-electron chi connectivity index (χ2n) is 16.0. The van der Waals surface area contributed by atoms with E-state index in [0.717, 1.165) is 0 Å². The first-order valence-electron chi connectivity index (χ1n) is 18.5. The fraction of sp³-hybridized carbons (Fsp3) is 0.0769. The van der Waals surface area contributed by atoms with E-state index in [1.54, 1.807) is 0 Å². The van der Waals surface area contributed by atoms with Gasteiger partial charge in [0.05, 0.1) is 0 Å². The lowest BCUT2D eigenvalue weighted by Gasteiger charge is -2.21. The Morgan fingerprint density at radius 2 is 0.827 bits per heavy atom. The number of hydrogen-bond acceptors (Lipinski definition) is 0. The van der Waals surface area contributed by atoms with Gasteiger partial charge in [0.25, 0.3) is 0 Å². The van der Waals surface area contributed by atoms with Gasteiger partial charge in [-0.15, -0.1) is 0 Å². The Morgan fingerprint density at radius 3 is 1.44 bits per heavy atom. The van der Waals surface area contributed by atoms with Crippen LogP contribution in [-0.4, -0.2) is 0 Å². The SMILES string of the molecule is CC(C)(C)c1cc2ccc3ccc4c5c(-c6ccccc6)c6cc7c(cc6c(-c6ccccc6)c5c5cc(c1)c2c3c45)c1cccc2cccc7c21. The molecular formula is C52H34. The maximum atomic E-state index is 2.53. The molecule has 0 aliphatic heterocycles. The standard InChI is InChI=1S/C52H34/c1-52(2,3)35-24-33-21-20-32-22-23-38-49-43(26-34(25-35)44(33)48(32)49)51-47(31-14-8-5-9-15-31)42-28-40-37-19-11-17-29-16-10-18-36(45(29)37)39(40)27-41(42)46(50(38)51)30-12-6-4-7-13-30/h4-28H,1-3H3. The predicted molar refractivity (Wildman–Crippen MR) is 227 cm³/mol. The van der Waals surface area contributed by atoms with Crippen molar-refractivity contribution < 1.29 is 0 Å². The molecule has 0 aromatic heterocycles. The van der Waals surface area contributed by atoms with Crippen LogP contribution in [-0.2, 0) is 5.41 Å². The number of benzene rings is 10. The molecule has 0 atom stereocenters. The topological polar surface area (TPSA) is 0 Å². The summed E-state index contributed by atoms with van der Waals surface area (Å²) in [6.45, 7) is 6.99. The first kappa shape index (κ1) is 28.5. The quantitative estimate of drug-likeness (QED) is 0.162. The predicted octanol–water partition coefficient (Wildman–Crippen LogP) is 15.0. The molecule has 0 spiro atoms. The molecule has 0 amide bonds. The molecule has 0 saturated carbocycles. The van der Waals surface area contributed by atoms with E-state index in [2.05, 4.69) is 172 Å². The van der Waals surface area contributed by atoms with Crippen molar-refractivity contribution in [2.75, 3.05) is 0 Å². The minimum Gasteiger partial charge on any atom is -0.0622 e. The molecule has 0 unspecified atom stereocenters. The summed E-state index contributed by atoms with van der Waals surface area (Å²) in [7, 11) is 0. The average molecular weight is 659 g/mol. The first-order valence-corrected chi connectivity index (χ1v) is 18.5. The van der Waals surface area contributed by atoms with Crippen LogP contribution in [0.5, 0.6) is 0 Å². The van der Waals surface area contributed by atoms with Crippen molar-refractivity contribution in [2.45, 2.75) is 26.2 Å². The third-order valence-corrected chi connectivity index (χ3v) is 12.2. The van der Waals surface area contributed by atoms with E-state index in [1.807, 2.05) is 0 Å². The van der Waals surface area contributed by atoms with Crippen LogP contribution in [0.2, 0.25) is 0 Å². The molecule has 12 aromatic carbocycles. The third-order valence-electron chi connectivity index (χ3n) is 12.2. The van der Waals surface area contributed by atoms with E-state index in [9.17, 15) is 0 Å². The van der Waals surface area contributed by atoms with Crippen molar-refractivity contribution in [2.24, 2.45) is 0 Å². The van der Waals surface area contributed by atoms with Crippen LogP contribution in [0.1, 0.15) is 26.3 Å². The summed E-state index contributed by atoms with van der Waals surface area (Å²) in [4.78, 5) is 0. The lowest BCUT2D eigenvalue weighted by atomic mass is 9.83. The van der Waals surface area contributed by atoms with Gasteiger partial charge in [0, 0.05) is 0 Å². The summed E-state index contributed by atoms with van der Waals surface area (Å²) in [6.07, 6.45) is 0. The van der Waals surface area contributed by atoms with Crippen LogP contribution in [0, 0.1) is 0 Å². The first-order chi connectivity index (χ1) is 25.4. The summed E-state index contributed by atoms with van der Waals surface area (Å²) in [5.74, 6) is 0. The monoisotopic (exact) mass is 658 g/mol. The molecule has 0 aliphatic carbocycles. The average Bonchev–Trinajstić information content (AvgIpc) is 3.67. The molecule has 0 N–H and O–H groups in total. The molecule has 0 nitrogen and oxygen atoms in total. The van der Waals surface area contributed by atoms with Crippen molar-refractivity contribution in [3.05, 3.63) is 157 Å². The van der Waals surface area contributed by atoms with Crippen LogP contribution in [0.4, 0.5) is 0 Å². The Kier molecular flexibility index (Phi) is 5.34. The maximum Gasteiger partial charge on any atom is -0.000719 e. The molecule has 0 heteroatoms. The van der Waals surface area contributed by atoms with Crippen molar-refractivity contribution in [1.29, 1.82) is 0 Å². The van der Waals surface area contributed by atoms with Gasteiger partial charge in [-0.25, -0.2) is 0 Å². The van der Waals surface area contributed by atoms with Gasteiger partial charge in [-0.3, -0.25) is 0 Å². The van der Waals surface area contributed by atoms with Crippen LogP contribution in [0.15, 0.2) is 152 Å². The van der Waals surface area contributed by atoms with Gasteiger partial charge >= 0.3 is 0 Å². The summed E-state index contributed by atoms with van der Waals surface area (Å²) in [5.41, 5.74) is 6.59. The number of hydrogen-bond donors (Lipinski definition) is 0. The zero-order valence-electron chi connectivity index (χ0n) is 29.4. The van der Waals surface area contributed by atoms with Gasteiger partial charge in [-0.05, 0) is 148 Å². The summed E-state index contributed by atoms with van der Waals surface area (Å²) in [5, 5.41) is 24.2. The molecule has 0 fully saturated rings. The Hall–Kier alpha value is -6.24. The Labute approximate surface area is 301 Å². The minimum absolute atomic E-state index is 0.0422. The molecule has 0 heterocycles. The number of rotatable bonds is 2. The van der Waals surface area contributed by atoms with E-state index >= 15 is 0 Å². The van der Waals surface area contributed by atoms with Gasteiger partial charge in [0.15, 0.2) is 0 Å². The van der Waals surface area contributed by atoms with Crippen molar-refractivity contribution in [1.82, 2.24) is 0 Å². The van der Waals surface area contributed by atoms with Crippen LogP contribution in [0.3, 0.4) is 0 Å². The fourth-order valence-corrected chi connectivity index (χ4v) is 9.89. The van der Waals surface area contributed by atoms with E-state index in [0.29, 0.717) is 0 Å². The fourth-order valence-electron chi connectivity index (χ4n) is 9.89. The number of fused-ring (bicyclic) bond motifs is 7. The maximum absolute atomic E-state index is 2.53. The highest BCUT2D eigenvalue weighted by Crippen LogP contribution is 2.55. The Balaban J connectivity index is 1.41. The molecule has 52 heavy (non-hydrogen) atoms. The van der Waals surface area contributed by atoms with Gasteiger partial charge in [-0.1, -0.05) is 154 Å². The van der Waals surface area contributed by atoms with Gasteiger partial charge in [0.2, 0.25) is 0 Å². The summed E-state index contributed by atoms with van der Waals surface area (Å²) >= 11 is 0. The highest BCUT2D eigenvalue weighted by molar-refractivity contribution is 6.46. The molecule has 12 rings (SSSR count). The summed E-state index contributed by atoms with van der Waals surface area (Å²) < 4.78 is 0. The van der Waals surface area contributed by atoms with Crippen LogP contribution >= 0.6 is 0 Å². The Bertz CT molecular complexity index is 3390. The zero-order chi connectivity index (χ0) is 34.5. The second kappa shape index (κ2) is 9.75. The Morgan fingerprint density at radius 1 is 0.288 bits per heavy atom. The molecule has 0 aliphatic rings. The second-order valence-corrected chi connectivity index (χ2v) is 16.0. The van der Waals surface area contributed by atoms with Crippen molar-refractivity contribution in [3.63, 3.8) is 0 Å². The van der Waals surface area contributed by atoms with Gasteiger partial charge in [-0.2, -0.15) is 0 Å². The highest BCUT2D eigenvalue weighted by Gasteiger charge is 2.27. The van der Waals surface area contributed by atoms with Crippen molar-refractivity contribution >= 4 is 97.0 Å². The third kappa shape index (κ3) is 3.57. The smallest absolute Gasteiger partial charge is 0.000719 e. The van der Waals surface area contributed by atoms with Gasteiger partial charge in [0.1, 0.15) is 0 Å². The van der Waals surface area contributed by atoms with Crippen LogP contribution < -0.4 is 0 Å². The van der Waals surface area contributed by atoms with E-state index in [-0.39, 0.29) is 5.41 Å². The highest BCUT2D eigenvalue weighted by atomic mass is 14.3. The van der Waals surface area contributed by atoms with E-state index < -0.39 is 0 Å². The molecule has 0 saturated heterocycles. The zero-order valence-corrected chi connectivity index (χ0v) is 29.4. The minimum atomic E-state index is 0.0422. The molecular weight excluding hydrogens is 625 g/mol. The van der Waals surface area contributed by atoms with Gasteiger partial charge < -0.3 is 0 Å². The van der Waals surface area contributed by atoms with Crippen molar-refractivity contribution in [3.8, 4) is 22.3 Å². The summed E-state index contributed by atoms with van der Waals surface area (Å²) in [6, 6.07) is 57.8. The molecule has 12 aromatic rings. The van der Waals surface area contributed by atoms with E-state index in [1.165, 1.54) is 125 Å². The molecule has 0 bridgehead atoms. The lowest BCUT2D eigenvalue weighted by Crippen LogP contribution is -2.10. The largest absolute Gasteiger partial charge is 0.0622 e.